The summed E-state index contributed by atoms with van der Waals surface area (Å²) in [4.78, 5) is 0. The van der Waals surface area contributed by atoms with Crippen LogP contribution in [-0.2, 0) is 0 Å². The predicted molar refractivity (Wildman–Crippen MR) is 113 cm³/mol. The first-order chi connectivity index (χ1) is 13.8. The summed E-state index contributed by atoms with van der Waals surface area (Å²) in [5, 5.41) is 4.33. The monoisotopic (exact) mass is 372 g/mol. The molecule has 5 rings (SSSR count). The summed E-state index contributed by atoms with van der Waals surface area (Å²) in [6.07, 6.45) is 12.1. The second kappa shape index (κ2) is 7.40. The molecule has 142 valence electrons. The number of allylic oxidation sites excluding steroid dienone is 2. The summed E-state index contributed by atoms with van der Waals surface area (Å²) in [7, 11) is 0. The van der Waals surface area contributed by atoms with Crippen molar-refractivity contribution in [3.8, 4) is 0 Å². The van der Waals surface area contributed by atoms with Gasteiger partial charge in [-0.05, 0) is 53.2 Å². The maximum absolute atomic E-state index is 13.7. The fourth-order valence-corrected chi connectivity index (χ4v) is 4.92. The molecule has 0 spiro atoms. The lowest BCUT2D eigenvalue weighted by molar-refractivity contribution is -0.00878. The second-order valence-electron chi connectivity index (χ2n) is 7.91. The molecule has 0 radical (unpaired) electrons. The van der Waals surface area contributed by atoms with Gasteiger partial charge in [-0.2, -0.15) is 0 Å². The molecule has 1 saturated heterocycles. The van der Waals surface area contributed by atoms with Crippen LogP contribution in [0.2, 0.25) is 0 Å². The van der Waals surface area contributed by atoms with Crippen molar-refractivity contribution in [3.63, 3.8) is 0 Å². The summed E-state index contributed by atoms with van der Waals surface area (Å²) >= 11 is 0. The fraction of sp³-hybridized carbons (Fsp3) is 0.280. The van der Waals surface area contributed by atoms with Gasteiger partial charge in [0.1, 0.15) is 5.83 Å². The number of hydrazine groups is 1. The van der Waals surface area contributed by atoms with Crippen LogP contribution in [0.4, 0.5) is 4.39 Å². The molecule has 1 fully saturated rings. The summed E-state index contributed by atoms with van der Waals surface area (Å²) in [6.45, 7) is 2.30. The summed E-state index contributed by atoms with van der Waals surface area (Å²) < 4.78 is 13.7. The Balaban J connectivity index is 1.42. The SMILES string of the molecule is FC1=CC=CN(N2CCC(C3c4ccccc4C=Cc4ccccc43)CC2)C1. The van der Waals surface area contributed by atoms with Gasteiger partial charge in [0.15, 0.2) is 0 Å². The smallest absolute Gasteiger partial charge is 0.121 e. The molecular weight excluding hydrogens is 347 g/mol. The van der Waals surface area contributed by atoms with Crippen molar-refractivity contribution in [2.45, 2.75) is 18.8 Å². The van der Waals surface area contributed by atoms with Gasteiger partial charge in [0, 0.05) is 25.2 Å². The van der Waals surface area contributed by atoms with Crippen LogP contribution in [-0.4, -0.2) is 29.7 Å². The minimum atomic E-state index is -0.0673. The molecule has 0 N–H and O–H groups in total. The van der Waals surface area contributed by atoms with Crippen LogP contribution in [0.15, 0.2) is 72.7 Å². The number of halogens is 1. The normalized spacial score (nSPS) is 20.5. The van der Waals surface area contributed by atoms with E-state index in [1.54, 1.807) is 12.2 Å². The molecule has 0 aromatic heterocycles. The number of piperidine rings is 1. The Labute approximate surface area is 166 Å². The lowest BCUT2D eigenvalue weighted by Crippen LogP contribution is -2.46. The van der Waals surface area contributed by atoms with Crippen molar-refractivity contribution >= 4 is 12.2 Å². The molecule has 0 saturated carbocycles. The molecule has 2 nitrogen and oxygen atoms in total. The summed E-state index contributed by atoms with van der Waals surface area (Å²) in [5.74, 6) is 0.938. The third-order valence-corrected chi connectivity index (χ3v) is 6.30. The molecule has 0 bridgehead atoms. The molecule has 3 aliphatic rings. The van der Waals surface area contributed by atoms with E-state index in [9.17, 15) is 4.39 Å². The van der Waals surface area contributed by atoms with Crippen molar-refractivity contribution in [1.82, 2.24) is 10.0 Å². The van der Waals surface area contributed by atoms with Crippen molar-refractivity contribution in [1.29, 1.82) is 0 Å². The molecule has 2 aromatic carbocycles. The van der Waals surface area contributed by atoms with E-state index >= 15 is 0 Å². The topological polar surface area (TPSA) is 6.48 Å². The van der Waals surface area contributed by atoms with Gasteiger partial charge in [-0.25, -0.2) is 9.40 Å². The van der Waals surface area contributed by atoms with E-state index in [2.05, 4.69) is 65.7 Å². The van der Waals surface area contributed by atoms with Gasteiger partial charge in [0.25, 0.3) is 0 Å². The van der Waals surface area contributed by atoms with Gasteiger partial charge in [0.2, 0.25) is 0 Å². The second-order valence-corrected chi connectivity index (χ2v) is 7.91. The first-order valence-corrected chi connectivity index (χ1v) is 10.2. The molecule has 0 amide bonds. The molecule has 2 heterocycles. The zero-order chi connectivity index (χ0) is 18.9. The molecule has 2 aliphatic heterocycles. The Morgan fingerprint density at radius 2 is 1.43 bits per heavy atom. The van der Waals surface area contributed by atoms with Crippen LogP contribution < -0.4 is 0 Å². The van der Waals surface area contributed by atoms with Crippen molar-refractivity contribution in [3.05, 3.63) is 95.0 Å². The highest BCUT2D eigenvalue weighted by atomic mass is 19.1. The fourth-order valence-electron chi connectivity index (χ4n) is 4.92. The molecule has 2 aromatic rings. The Bertz CT molecular complexity index is 901. The quantitative estimate of drug-likeness (QED) is 0.676. The third-order valence-electron chi connectivity index (χ3n) is 6.30. The number of rotatable bonds is 2. The van der Waals surface area contributed by atoms with Crippen LogP contribution in [0.25, 0.3) is 12.2 Å². The summed E-state index contributed by atoms with van der Waals surface area (Å²) in [6, 6.07) is 17.6. The predicted octanol–water partition coefficient (Wildman–Crippen LogP) is 5.61. The first kappa shape index (κ1) is 17.4. The Hall–Kier alpha value is -2.65. The van der Waals surface area contributed by atoms with Crippen LogP contribution in [0.3, 0.4) is 0 Å². The third kappa shape index (κ3) is 3.20. The highest BCUT2D eigenvalue weighted by Gasteiger charge is 2.33. The van der Waals surface area contributed by atoms with E-state index in [1.165, 1.54) is 22.3 Å². The van der Waals surface area contributed by atoms with Crippen LogP contribution in [0.1, 0.15) is 41.0 Å². The number of hydrogen-bond acceptors (Lipinski definition) is 2. The maximum Gasteiger partial charge on any atom is 0.121 e. The van der Waals surface area contributed by atoms with Crippen LogP contribution >= 0.6 is 0 Å². The molecule has 0 unspecified atom stereocenters. The average molecular weight is 372 g/mol. The van der Waals surface area contributed by atoms with Gasteiger partial charge in [-0.15, -0.1) is 0 Å². The molecule has 1 aliphatic carbocycles. The molecule has 3 heteroatoms. The van der Waals surface area contributed by atoms with E-state index in [0.29, 0.717) is 18.4 Å². The first-order valence-electron chi connectivity index (χ1n) is 10.2. The number of benzene rings is 2. The van der Waals surface area contributed by atoms with Gasteiger partial charge >= 0.3 is 0 Å². The van der Waals surface area contributed by atoms with Crippen molar-refractivity contribution < 1.29 is 4.39 Å². The van der Waals surface area contributed by atoms with E-state index in [-0.39, 0.29) is 5.83 Å². The zero-order valence-electron chi connectivity index (χ0n) is 16.0. The Morgan fingerprint density at radius 1 is 0.821 bits per heavy atom. The number of fused-ring (bicyclic) bond motifs is 2. The van der Waals surface area contributed by atoms with E-state index in [1.807, 2.05) is 11.2 Å². The van der Waals surface area contributed by atoms with E-state index < -0.39 is 0 Å². The lowest BCUT2D eigenvalue weighted by Gasteiger charge is -2.42. The highest BCUT2D eigenvalue weighted by Crippen LogP contribution is 2.43. The minimum absolute atomic E-state index is 0.0673. The standard InChI is InChI=1S/C25H25FN2/c26-22-8-5-15-28(18-22)27-16-13-21(14-17-27)25-23-9-3-1-6-19(23)11-12-20-7-2-4-10-24(20)25/h1-12,15,21,25H,13-14,16-18H2. The number of nitrogens with zero attached hydrogens (tertiary/aromatic N) is 2. The summed E-state index contributed by atoms with van der Waals surface area (Å²) in [5.41, 5.74) is 5.54. The molecule has 0 atom stereocenters. The highest BCUT2D eigenvalue weighted by molar-refractivity contribution is 5.76. The van der Waals surface area contributed by atoms with Gasteiger partial charge in [-0.3, -0.25) is 0 Å². The zero-order valence-corrected chi connectivity index (χ0v) is 16.0. The van der Waals surface area contributed by atoms with Crippen LogP contribution in [0.5, 0.6) is 0 Å². The lowest BCUT2D eigenvalue weighted by atomic mass is 9.74. The maximum atomic E-state index is 13.7. The molecule has 28 heavy (non-hydrogen) atoms. The van der Waals surface area contributed by atoms with Gasteiger partial charge in [-0.1, -0.05) is 60.7 Å². The van der Waals surface area contributed by atoms with Crippen molar-refractivity contribution in [2.75, 3.05) is 19.6 Å². The minimum Gasteiger partial charge on any atom is -0.306 e. The van der Waals surface area contributed by atoms with Crippen LogP contribution in [0, 0.1) is 5.92 Å². The molecular formula is C25H25FN2. The van der Waals surface area contributed by atoms with E-state index in [4.69, 9.17) is 0 Å². The Morgan fingerprint density at radius 3 is 2.04 bits per heavy atom. The Kier molecular flexibility index (Phi) is 4.61. The largest absolute Gasteiger partial charge is 0.306 e. The van der Waals surface area contributed by atoms with E-state index in [0.717, 1.165) is 25.9 Å². The van der Waals surface area contributed by atoms with Crippen molar-refractivity contribution in [2.24, 2.45) is 5.92 Å². The van der Waals surface area contributed by atoms with Gasteiger partial charge in [0.05, 0.1) is 6.54 Å². The van der Waals surface area contributed by atoms with Gasteiger partial charge < -0.3 is 5.01 Å². The average Bonchev–Trinajstić information content (AvgIpc) is 2.91. The number of hydrogen-bond donors (Lipinski definition) is 0.